The lowest BCUT2D eigenvalue weighted by molar-refractivity contribution is -0.116. The number of methoxy groups -OCH3 is 1. The number of nitrogens with zero attached hydrogens (tertiary/aromatic N) is 5. The molecule has 0 fully saturated rings. The highest BCUT2D eigenvalue weighted by atomic mass is 32.2. The molecule has 0 unspecified atom stereocenters. The van der Waals surface area contributed by atoms with Crippen LogP contribution < -0.4 is 15.0 Å². The van der Waals surface area contributed by atoms with E-state index in [0.29, 0.717) is 47.6 Å². The molecule has 1 aromatic heterocycles. The van der Waals surface area contributed by atoms with Crippen LogP contribution in [0.15, 0.2) is 82.8 Å². The highest BCUT2D eigenvalue weighted by molar-refractivity contribution is 7.99. The van der Waals surface area contributed by atoms with Crippen molar-refractivity contribution in [3.63, 3.8) is 0 Å². The van der Waals surface area contributed by atoms with Gasteiger partial charge in [0.2, 0.25) is 15.9 Å². The van der Waals surface area contributed by atoms with E-state index in [9.17, 15) is 18.0 Å². The standard InChI is InChI=1S/C32H36N6O5S2/c1-4-36(5-2)45(41,42)25-18-16-24(17-19-25)31(40)33-21-29-34-35-32(38(29)27-14-8-9-15-28(27)43-3)44-22-30(39)37-20-10-12-23-11-6-7-13-26(23)37/h6-9,11,13-19H,4-5,10,12,20-22H2,1-3H3,(H,33,40). The first-order valence-corrected chi connectivity index (χ1v) is 17.2. The number of rotatable bonds is 12. The number of carbonyl (C=O) groups excluding carboxylic acids is 2. The summed E-state index contributed by atoms with van der Waals surface area (Å²) in [5, 5.41) is 12.1. The lowest BCUT2D eigenvalue weighted by Crippen LogP contribution is -2.36. The molecule has 5 rings (SSSR count). The average Bonchev–Trinajstić information content (AvgIpc) is 3.48. The molecule has 2 heterocycles. The molecule has 1 N–H and O–H groups in total. The van der Waals surface area contributed by atoms with Gasteiger partial charge in [-0.05, 0) is 60.9 Å². The van der Waals surface area contributed by atoms with Gasteiger partial charge in [0.25, 0.3) is 5.91 Å². The Balaban J connectivity index is 1.34. The molecule has 0 bridgehead atoms. The highest BCUT2D eigenvalue weighted by Gasteiger charge is 2.25. The molecule has 0 spiro atoms. The van der Waals surface area contributed by atoms with E-state index in [-0.39, 0.29) is 23.1 Å². The summed E-state index contributed by atoms with van der Waals surface area (Å²) in [4.78, 5) is 28.4. The zero-order chi connectivity index (χ0) is 32.0. The first-order valence-electron chi connectivity index (χ1n) is 14.8. The predicted molar refractivity (Wildman–Crippen MR) is 173 cm³/mol. The fourth-order valence-electron chi connectivity index (χ4n) is 5.31. The van der Waals surface area contributed by atoms with Crippen molar-refractivity contribution in [2.75, 3.05) is 37.4 Å². The largest absolute Gasteiger partial charge is 0.495 e. The van der Waals surface area contributed by atoms with Crippen LogP contribution >= 0.6 is 11.8 Å². The third kappa shape index (κ3) is 6.90. The second-order valence-electron chi connectivity index (χ2n) is 10.3. The number of nitrogens with one attached hydrogen (secondary N) is 1. The van der Waals surface area contributed by atoms with Gasteiger partial charge >= 0.3 is 0 Å². The summed E-state index contributed by atoms with van der Waals surface area (Å²) < 4.78 is 34.4. The van der Waals surface area contributed by atoms with E-state index in [1.54, 1.807) is 25.5 Å². The minimum Gasteiger partial charge on any atom is -0.495 e. The molecule has 2 amide bonds. The van der Waals surface area contributed by atoms with Crippen LogP contribution in [0.3, 0.4) is 0 Å². The Morgan fingerprint density at radius 2 is 1.64 bits per heavy atom. The fourth-order valence-corrected chi connectivity index (χ4v) is 7.61. The van der Waals surface area contributed by atoms with Gasteiger partial charge in [-0.2, -0.15) is 4.31 Å². The van der Waals surface area contributed by atoms with Crippen LogP contribution in [0, 0.1) is 0 Å². The first kappa shape index (κ1) is 32.2. The van der Waals surface area contributed by atoms with Gasteiger partial charge < -0.3 is 15.0 Å². The fraction of sp³-hybridized carbons (Fsp3) is 0.312. The summed E-state index contributed by atoms with van der Waals surface area (Å²) >= 11 is 1.27. The number of sulfonamides is 1. The van der Waals surface area contributed by atoms with E-state index in [2.05, 4.69) is 21.6 Å². The Labute approximate surface area is 267 Å². The Kier molecular flexibility index (Phi) is 10.2. The van der Waals surface area contributed by atoms with Gasteiger partial charge in [0, 0.05) is 30.9 Å². The molecule has 3 aromatic carbocycles. The molecule has 11 nitrogen and oxygen atoms in total. The molecule has 0 radical (unpaired) electrons. The number of benzene rings is 3. The van der Waals surface area contributed by atoms with Gasteiger partial charge in [-0.1, -0.05) is 55.9 Å². The Hall–Kier alpha value is -4.20. The maximum atomic E-state index is 13.4. The van der Waals surface area contributed by atoms with E-state index in [1.165, 1.54) is 40.3 Å². The van der Waals surface area contributed by atoms with Crippen molar-refractivity contribution in [1.29, 1.82) is 0 Å². The third-order valence-electron chi connectivity index (χ3n) is 7.63. The highest BCUT2D eigenvalue weighted by Crippen LogP contribution is 2.31. The van der Waals surface area contributed by atoms with Gasteiger partial charge in [-0.25, -0.2) is 8.42 Å². The van der Waals surface area contributed by atoms with Gasteiger partial charge in [-0.3, -0.25) is 14.2 Å². The number of aryl methyl sites for hydroxylation is 1. The van der Waals surface area contributed by atoms with Gasteiger partial charge in [-0.15, -0.1) is 10.2 Å². The molecule has 0 aliphatic carbocycles. The quantitative estimate of drug-likeness (QED) is 0.225. The molecule has 0 atom stereocenters. The number of carbonyl (C=O) groups is 2. The van der Waals surface area contributed by atoms with E-state index < -0.39 is 15.9 Å². The van der Waals surface area contributed by atoms with E-state index >= 15 is 0 Å². The maximum absolute atomic E-state index is 13.4. The van der Waals surface area contributed by atoms with Crippen molar-refractivity contribution in [2.24, 2.45) is 0 Å². The maximum Gasteiger partial charge on any atom is 0.251 e. The van der Waals surface area contributed by atoms with Crippen LogP contribution in [0.2, 0.25) is 0 Å². The second kappa shape index (κ2) is 14.3. The number of para-hydroxylation sites is 3. The molecule has 45 heavy (non-hydrogen) atoms. The summed E-state index contributed by atoms with van der Waals surface area (Å²) in [6, 6.07) is 21.2. The predicted octanol–water partition coefficient (Wildman–Crippen LogP) is 4.31. The monoisotopic (exact) mass is 648 g/mol. The normalized spacial score (nSPS) is 13.0. The van der Waals surface area contributed by atoms with Gasteiger partial charge in [0.1, 0.15) is 5.75 Å². The van der Waals surface area contributed by atoms with Crippen molar-refractivity contribution in [3.8, 4) is 11.4 Å². The van der Waals surface area contributed by atoms with Gasteiger partial charge in [0.05, 0.1) is 30.0 Å². The molecule has 0 saturated heterocycles. The summed E-state index contributed by atoms with van der Waals surface area (Å²) in [5.74, 6) is 0.740. The van der Waals surface area contributed by atoms with Crippen molar-refractivity contribution < 1.29 is 22.7 Å². The molecule has 13 heteroatoms. The van der Waals surface area contributed by atoms with Crippen LogP contribution in [0.5, 0.6) is 5.75 Å². The number of fused-ring (bicyclic) bond motifs is 1. The van der Waals surface area contributed by atoms with Crippen molar-refractivity contribution in [3.05, 3.63) is 89.7 Å². The van der Waals surface area contributed by atoms with E-state index in [1.807, 2.05) is 47.4 Å². The van der Waals surface area contributed by atoms with Crippen LogP contribution in [-0.4, -0.2) is 71.8 Å². The molecule has 1 aliphatic heterocycles. The topological polar surface area (TPSA) is 127 Å². The molecular weight excluding hydrogens is 613 g/mol. The Morgan fingerprint density at radius 3 is 2.36 bits per heavy atom. The third-order valence-corrected chi connectivity index (χ3v) is 10.6. The SMILES string of the molecule is CCN(CC)S(=O)(=O)c1ccc(C(=O)NCc2nnc(SCC(=O)N3CCCc4ccccc43)n2-c2ccccc2OC)cc1. The minimum absolute atomic E-state index is 0.0250. The van der Waals surface area contributed by atoms with Crippen LogP contribution in [0.1, 0.15) is 42.0 Å². The number of aromatic nitrogens is 3. The van der Waals surface area contributed by atoms with E-state index in [4.69, 9.17) is 4.74 Å². The number of anilines is 1. The average molecular weight is 649 g/mol. The number of amides is 2. The summed E-state index contributed by atoms with van der Waals surface area (Å²) in [6.07, 6.45) is 1.85. The molecule has 236 valence electrons. The molecule has 1 aliphatic rings. The Bertz CT molecular complexity index is 1770. The van der Waals surface area contributed by atoms with Crippen LogP contribution in [-0.2, 0) is 27.8 Å². The van der Waals surface area contributed by atoms with Crippen molar-refractivity contribution in [1.82, 2.24) is 24.4 Å². The van der Waals surface area contributed by atoms with Crippen molar-refractivity contribution in [2.45, 2.75) is 43.3 Å². The zero-order valence-corrected chi connectivity index (χ0v) is 27.1. The number of hydrogen-bond acceptors (Lipinski definition) is 8. The first-order chi connectivity index (χ1) is 21.8. The van der Waals surface area contributed by atoms with Gasteiger partial charge in [0.15, 0.2) is 11.0 Å². The smallest absolute Gasteiger partial charge is 0.251 e. The zero-order valence-electron chi connectivity index (χ0n) is 25.5. The minimum atomic E-state index is -3.63. The number of ether oxygens (including phenoxy) is 1. The van der Waals surface area contributed by atoms with Crippen molar-refractivity contribution >= 4 is 39.3 Å². The molecule has 4 aromatic rings. The summed E-state index contributed by atoms with van der Waals surface area (Å²) in [6.45, 7) is 4.96. The summed E-state index contributed by atoms with van der Waals surface area (Å²) in [7, 11) is -2.07. The second-order valence-corrected chi connectivity index (χ2v) is 13.1. The lowest BCUT2D eigenvalue weighted by Gasteiger charge is -2.29. The summed E-state index contributed by atoms with van der Waals surface area (Å²) in [5.41, 5.74) is 3.08. The molecular formula is C32H36N6O5S2. The van der Waals surface area contributed by atoms with E-state index in [0.717, 1.165) is 24.1 Å². The molecule has 0 saturated carbocycles. The lowest BCUT2D eigenvalue weighted by atomic mass is 10.0. The number of hydrogen-bond donors (Lipinski definition) is 1. The number of thioether (sulfide) groups is 1. The van der Waals surface area contributed by atoms with Crippen LogP contribution in [0.4, 0.5) is 5.69 Å². The van der Waals surface area contributed by atoms with Crippen LogP contribution in [0.25, 0.3) is 5.69 Å². The Morgan fingerprint density at radius 1 is 0.956 bits per heavy atom.